The SMILES string of the molecule is CCCC1COC(c2ccc(-c3cc(F)c(C(F)(F)Oc4ccc(-c5cc(F)c(F)c(F)c5)c(F)c4)c(F)c3)c(F)c2)OC1. The van der Waals surface area contributed by atoms with Crippen molar-refractivity contribution >= 4 is 0 Å². The second-order valence-electron chi connectivity index (χ2n) is 10.2. The van der Waals surface area contributed by atoms with Gasteiger partial charge in [-0.1, -0.05) is 25.5 Å². The average molecular weight is 627 g/mol. The lowest BCUT2D eigenvalue weighted by atomic mass is 10.00. The lowest BCUT2D eigenvalue weighted by molar-refractivity contribution is -0.206. The zero-order chi connectivity index (χ0) is 31.8. The van der Waals surface area contributed by atoms with Crippen molar-refractivity contribution < 1.29 is 53.7 Å². The minimum atomic E-state index is -4.68. The Morgan fingerprint density at radius 1 is 0.682 bits per heavy atom. The summed E-state index contributed by atoms with van der Waals surface area (Å²) in [4.78, 5) is 0. The first-order valence-corrected chi connectivity index (χ1v) is 13.4. The predicted octanol–water partition coefficient (Wildman–Crippen LogP) is 9.58. The molecule has 1 fully saturated rings. The molecule has 3 nitrogen and oxygen atoms in total. The average Bonchev–Trinajstić information content (AvgIpc) is 2.95. The smallest absolute Gasteiger partial charge is 0.429 e. The number of alkyl halides is 2. The van der Waals surface area contributed by atoms with E-state index in [0.29, 0.717) is 49.1 Å². The van der Waals surface area contributed by atoms with Gasteiger partial charge in [-0.15, -0.1) is 0 Å². The molecule has 232 valence electrons. The van der Waals surface area contributed by atoms with Crippen LogP contribution in [0.2, 0.25) is 0 Å². The van der Waals surface area contributed by atoms with Crippen molar-refractivity contribution in [1.29, 1.82) is 0 Å². The normalized spacial score (nSPS) is 17.1. The van der Waals surface area contributed by atoms with Gasteiger partial charge in [0.05, 0.1) is 13.2 Å². The first kappa shape index (κ1) is 31.4. The molecule has 1 saturated heterocycles. The summed E-state index contributed by atoms with van der Waals surface area (Å²) >= 11 is 0. The van der Waals surface area contributed by atoms with E-state index < -0.39 is 75.6 Å². The van der Waals surface area contributed by atoms with Gasteiger partial charge in [-0.3, -0.25) is 0 Å². The van der Waals surface area contributed by atoms with Crippen molar-refractivity contribution in [1.82, 2.24) is 0 Å². The van der Waals surface area contributed by atoms with E-state index in [1.165, 1.54) is 12.1 Å². The summed E-state index contributed by atoms with van der Waals surface area (Å²) in [7, 11) is 0. The van der Waals surface area contributed by atoms with E-state index >= 15 is 4.39 Å². The summed E-state index contributed by atoms with van der Waals surface area (Å²) in [5, 5.41) is 0. The molecule has 1 aliphatic heterocycles. The molecule has 0 spiro atoms. The topological polar surface area (TPSA) is 27.7 Å². The van der Waals surface area contributed by atoms with Gasteiger partial charge in [-0.05, 0) is 60.0 Å². The Morgan fingerprint density at radius 3 is 1.73 bits per heavy atom. The van der Waals surface area contributed by atoms with Crippen LogP contribution < -0.4 is 4.74 Å². The number of benzene rings is 4. The van der Waals surface area contributed by atoms with Crippen molar-refractivity contribution in [3.8, 4) is 28.0 Å². The van der Waals surface area contributed by atoms with E-state index in [4.69, 9.17) is 9.47 Å². The molecule has 0 N–H and O–H groups in total. The first-order valence-electron chi connectivity index (χ1n) is 13.4. The zero-order valence-electron chi connectivity index (χ0n) is 22.9. The van der Waals surface area contributed by atoms with Gasteiger partial charge in [0.2, 0.25) is 0 Å². The third-order valence-corrected chi connectivity index (χ3v) is 7.05. The Bertz CT molecular complexity index is 1640. The van der Waals surface area contributed by atoms with Crippen molar-refractivity contribution in [3.63, 3.8) is 0 Å². The number of halogens is 9. The second kappa shape index (κ2) is 12.5. The maximum absolute atomic E-state index is 15.0. The summed E-state index contributed by atoms with van der Waals surface area (Å²) < 4.78 is 145. The third-order valence-electron chi connectivity index (χ3n) is 7.05. The quantitative estimate of drug-likeness (QED) is 0.144. The monoisotopic (exact) mass is 626 g/mol. The van der Waals surface area contributed by atoms with Crippen LogP contribution in [0.15, 0.2) is 60.7 Å². The minimum absolute atomic E-state index is 0.212. The van der Waals surface area contributed by atoms with Crippen LogP contribution in [0, 0.1) is 46.6 Å². The highest BCUT2D eigenvalue weighted by Crippen LogP contribution is 2.39. The summed E-state index contributed by atoms with van der Waals surface area (Å²) in [5.41, 5.74) is -3.10. The van der Waals surface area contributed by atoms with Crippen LogP contribution in [0.1, 0.15) is 37.2 Å². The van der Waals surface area contributed by atoms with Crippen LogP contribution in [0.3, 0.4) is 0 Å². The molecule has 0 unspecified atom stereocenters. The number of hydrogen-bond donors (Lipinski definition) is 0. The maximum atomic E-state index is 15.0. The van der Waals surface area contributed by atoms with Crippen LogP contribution >= 0.6 is 0 Å². The maximum Gasteiger partial charge on any atom is 0.432 e. The van der Waals surface area contributed by atoms with E-state index in [-0.39, 0.29) is 17.0 Å². The van der Waals surface area contributed by atoms with E-state index in [1.807, 2.05) is 6.92 Å². The van der Waals surface area contributed by atoms with Gasteiger partial charge in [0.15, 0.2) is 23.7 Å². The van der Waals surface area contributed by atoms with Gasteiger partial charge >= 0.3 is 6.11 Å². The van der Waals surface area contributed by atoms with Crippen molar-refractivity contribution in [2.24, 2.45) is 5.92 Å². The first-order chi connectivity index (χ1) is 20.9. The van der Waals surface area contributed by atoms with Crippen molar-refractivity contribution in [2.45, 2.75) is 32.2 Å². The fraction of sp³-hybridized carbons (Fsp3) is 0.250. The largest absolute Gasteiger partial charge is 0.432 e. The molecule has 1 heterocycles. The molecule has 12 heteroatoms. The van der Waals surface area contributed by atoms with Gasteiger partial charge in [0.1, 0.15) is 34.6 Å². The van der Waals surface area contributed by atoms with E-state index in [0.717, 1.165) is 31.0 Å². The molecule has 44 heavy (non-hydrogen) atoms. The standard InChI is InChI=1S/C32H23F9O3/c1-2-3-16-14-42-31(43-15-16)17-4-6-21(23(33)8-17)18-9-25(35)29(26(36)10-18)32(40,41)44-20-5-7-22(24(34)13-20)19-11-27(37)30(39)28(38)12-19/h4-13,16,31H,2-3,14-15H2,1H3. The highest BCUT2D eigenvalue weighted by Gasteiger charge is 2.41. The number of ether oxygens (including phenoxy) is 3. The molecular weight excluding hydrogens is 603 g/mol. The van der Waals surface area contributed by atoms with E-state index in [1.54, 1.807) is 0 Å². The fourth-order valence-electron chi connectivity index (χ4n) is 4.93. The molecule has 1 aliphatic rings. The minimum Gasteiger partial charge on any atom is -0.429 e. The number of hydrogen-bond acceptors (Lipinski definition) is 3. The zero-order valence-corrected chi connectivity index (χ0v) is 22.9. The Hall–Kier alpha value is -4.03. The highest BCUT2D eigenvalue weighted by molar-refractivity contribution is 5.66. The summed E-state index contributed by atoms with van der Waals surface area (Å²) in [6.07, 6.45) is -3.66. The summed E-state index contributed by atoms with van der Waals surface area (Å²) in [6, 6.07) is 7.65. The fourth-order valence-corrected chi connectivity index (χ4v) is 4.93. The second-order valence-corrected chi connectivity index (χ2v) is 10.2. The predicted molar refractivity (Wildman–Crippen MR) is 141 cm³/mol. The van der Waals surface area contributed by atoms with Gasteiger partial charge in [0, 0.05) is 28.7 Å². The molecule has 0 aliphatic carbocycles. The lowest BCUT2D eigenvalue weighted by Crippen LogP contribution is -2.27. The summed E-state index contributed by atoms with van der Waals surface area (Å²) in [6.45, 7) is 2.86. The molecule has 0 radical (unpaired) electrons. The van der Waals surface area contributed by atoms with Gasteiger partial charge in [-0.25, -0.2) is 30.7 Å². The Morgan fingerprint density at radius 2 is 1.20 bits per heavy atom. The van der Waals surface area contributed by atoms with Crippen molar-refractivity contribution in [2.75, 3.05) is 13.2 Å². The van der Waals surface area contributed by atoms with Crippen LogP contribution in [-0.4, -0.2) is 13.2 Å². The van der Waals surface area contributed by atoms with Crippen LogP contribution in [0.5, 0.6) is 5.75 Å². The van der Waals surface area contributed by atoms with Crippen LogP contribution in [-0.2, 0) is 15.6 Å². The molecular formula is C32H23F9O3. The lowest BCUT2D eigenvalue weighted by Gasteiger charge is -2.29. The molecule has 0 atom stereocenters. The molecule has 0 amide bonds. The molecule has 4 aromatic carbocycles. The van der Waals surface area contributed by atoms with Gasteiger partial charge in [0.25, 0.3) is 0 Å². The molecule has 4 aromatic rings. The summed E-state index contributed by atoms with van der Waals surface area (Å²) in [5.74, 6) is -11.4. The van der Waals surface area contributed by atoms with E-state index in [9.17, 15) is 35.1 Å². The van der Waals surface area contributed by atoms with Crippen molar-refractivity contribution in [3.05, 3.63) is 113 Å². The van der Waals surface area contributed by atoms with E-state index in [2.05, 4.69) is 4.74 Å². The molecule has 0 saturated carbocycles. The third kappa shape index (κ3) is 6.41. The van der Waals surface area contributed by atoms with Crippen LogP contribution in [0.4, 0.5) is 39.5 Å². The molecule has 0 aromatic heterocycles. The van der Waals surface area contributed by atoms with Crippen LogP contribution in [0.25, 0.3) is 22.3 Å². The highest BCUT2D eigenvalue weighted by atomic mass is 19.3. The molecule has 0 bridgehead atoms. The van der Waals surface area contributed by atoms with Gasteiger partial charge < -0.3 is 14.2 Å². The van der Waals surface area contributed by atoms with Gasteiger partial charge in [-0.2, -0.15) is 8.78 Å². The number of rotatable bonds is 8. The Labute approximate surface area is 245 Å². The molecule has 5 rings (SSSR count). The Kier molecular flexibility index (Phi) is 8.94. The Balaban J connectivity index is 1.35.